The van der Waals surface area contributed by atoms with Crippen molar-refractivity contribution in [2.24, 2.45) is 0 Å². The number of piperazine rings is 1. The number of ether oxygens (including phenoxy) is 1. The monoisotopic (exact) mass is 338 g/mol. The van der Waals surface area contributed by atoms with E-state index in [9.17, 15) is 5.26 Å². The first kappa shape index (κ1) is 17.0. The number of nitrogens with two attached hydrogens (primary N) is 1. The highest BCUT2D eigenvalue weighted by molar-refractivity contribution is 5.64. The third-order valence-corrected chi connectivity index (χ3v) is 4.25. The second kappa shape index (κ2) is 7.81. The highest BCUT2D eigenvalue weighted by Gasteiger charge is 2.21. The molecule has 25 heavy (non-hydrogen) atoms. The van der Waals surface area contributed by atoms with Gasteiger partial charge in [-0.2, -0.15) is 10.2 Å². The van der Waals surface area contributed by atoms with E-state index in [0.717, 1.165) is 38.5 Å². The van der Waals surface area contributed by atoms with E-state index in [1.165, 1.54) is 5.56 Å². The van der Waals surface area contributed by atoms with Gasteiger partial charge in [-0.1, -0.05) is 0 Å². The van der Waals surface area contributed by atoms with E-state index in [1.54, 1.807) is 6.07 Å². The van der Waals surface area contributed by atoms with E-state index in [1.807, 2.05) is 31.5 Å². The van der Waals surface area contributed by atoms with E-state index < -0.39 is 0 Å². The Morgan fingerprint density at radius 3 is 2.60 bits per heavy atom. The fraction of sp³-hybridized carbons (Fsp3) is 0.389. The molecule has 1 fully saturated rings. The summed E-state index contributed by atoms with van der Waals surface area (Å²) in [6, 6.07) is 7.92. The molecule has 0 aromatic carbocycles. The molecule has 1 aliphatic rings. The summed E-state index contributed by atoms with van der Waals surface area (Å²) in [5.41, 5.74) is 8.00. The average molecular weight is 338 g/mol. The zero-order valence-electron chi connectivity index (χ0n) is 14.4. The van der Waals surface area contributed by atoms with Gasteiger partial charge in [0.25, 0.3) is 0 Å². The van der Waals surface area contributed by atoms with Crippen LogP contribution in [0.15, 0.2) is 30.6 Å². The Hall–Kier alpha value is -2.85. The van der Waals surface area contributed by atoms with Crippen LogP contribution in [0.25, 0.3) is 0 Å². The molecule has 7 heteroatoms. The minimum Gasteiger partial charge on any atom is -0.477 e. The molecule has 0 bridgehead atoms. The van der Waals surface area contributed by atoms with Crippen LogP contribution in [0, 0.1) is 11.3 Å². The molecule has 0 spiro atoms. The Morgan fingerprint density at radius 2 is 1.96 bits per heavy atom. The van der Waals surface area contributed by atoms with Gasteiger partial charge in [-0.15, -0.1) is 0 Å². The first-order chi connectivity index (χ1) is 12.2. The van der Waals surface area contributed by atoms with E-state index in [0.29, 0.717) is 23.7 Å². The molecule has 0 saturated carbocycles. The van der Waals surface area contributed by atoms with Gasteiger partial charge in [-0.05, 0) is 24.6 Å². The molecule has 2 aromatic rings. The maximum Gasteiger partial charge on any atom is 0.235 e. The lowest BCUT2D eigenvalue weighted by Gasteiger charge is -2.35. The fourth-order valence-electron chi connectivity index (χ4n) is 2.92. The van der Waals surface area contributed by atoms with E-state index in [-0.39, 0.29) is 0 Å². The predicted molar refractivity (Wildman–Crippen MR) is 96.3 cm³/mol. The van der Waals surface area contributed by atoms with Crippen LogP contribution in [0.4, 0.5) is 11.5 Å². The summed E-state index contributed by atoms with van der Waals surface area (Å²) in [5.74, 6) is 1.09. The zero-order chi connectivity index (χ0) is 17.6. The summed E-state index contributed by atoms with van der Waals surface area (Å²) in [5, 5.41) is 9.23. The molecule has 0 unspecified atom stereocenters. The van der Waals surface area contributed by atoms with Crippen molar-refractivity contribution in [3.8, 4) is 11.9 Å². The SMILES string of the molecule is CCOc1nc(N2CCN(Cc3ccncc3)CC2)cc(N)c1C#N. The average Bonchev–Trinajstić information content (AvgIpc) is 2.63. The maximum atomic E-state index is 9.23. The Kier molecular flexibility index (Phi) is 5.31. The normalized spacial score (nSPS) is 15.0. The van der Waals surface area contributed by atoms with Gasteiger partial charge in [0, 0.05) is 51.2 Å². The van der Waals surface area contributed by atoms with Crippen LogP contribution in [0.2, 0.25) is 0 Å². The van der Waals surface area contributed by atoms with Crippen LogP contribution in [-0.4, -0.2) is 47.7 Å². The van der Waals surface area contributed by atoms with E-state index >= 15 is 0 Å². The topological polar surface area (TPSA) is 91.3 Å². The molecule has 2 N–H and O–H groups in total. The van der Waals surface area contributed by atoms with Crippen LogP contribution >= 0.6 is 0 Å². The van der Waals surface area contributed by atoms with Gasteiger partial charge in [0.15, 0.2) is 0 Å². The van der Waals surface area contributed by atoms with Crippen molar-refractivity contribution in [3.63, 3.8) is 0 Å². The Balaban J connectivity index is 1.67. The van der Waals surface area contributed by atoms with Gasteiger partial charge >= 0.3 is 0 Å². The second-order valence-electron chi connectivity index (χ2n) is 5.91. The van der Waals surface area contributed by atoms with Gasteiger partial charge in [0.05, 0.1) is 12.3 Å². The molecule has 130 valence electrons. The summed E-state index contributed by atoms with van der Waals surface area (Å²) in [6.07, 6.45) is 3.65. The van der Waals surface area contributed by atoms with Gasteiger partial charge in [0.1, 0.15) is 17.5 Å². The molecule has 2 aromatic heterocycles. The van der Waals surface area contributed by atoms with Crippen molar-refractivity contribution in [1.82, 2.24) is 14.9 Å². The molecule has 3 rings (SSSR count). The molecule has 3 heterocycles. The molecule has 1 saturated heterocycles. The number of pyridine rings is 2. The minimum absolute atomic E-state index is 0.307. The summed E-state index contributed by atoms with van der Waals surface area (Å²) in [4.78, 5) is 13.1. The number of aromatic nitrogens is 2. The lowest BCUT2D eigenvalue weighted by molar-refractivity contribution is 0.249. The Morgan fingerprint density at radius 1 is 1.24 bits per heavy atom. The van der Waals surface area contributed by atoms with Crippen LogP contribution in [0.5, 0.6) is 5.88 Å². The zero-order valence-corrected chi connectivity index (χ0v) is 14.4. The third kappa shape index (κ3) is 3.98. The largest absolute Gasteiger partial charge is 0.477 e. The summed E-state index contributed by atoms with van der Waals surface area (Å²) in [6.45, 7) is 6.82. The van der Waals surface area contributed by atoms with Gasteiger partial charge in [0.2, 0.25) is 5.88 Å². The van der Waals surface area contributed by atoms with Crippen LogP contribution in [0.3, 0.4) is 0 Å². The fourth-order valence-corrected chi connectivity index (χ4v) is 2.92. The first-order valence-electron chi connectivity index (χ1n) is 8.41. The molecule has 0 atom stereocenters. The number of rotatable bonds is 5. The lowest BCUT2D eigenvalue weighted by atomic mass is 10.2. The number of nitriles is 1. The molecule has 0 amide bonds. The lowest BCUT2D eigenvalue weighted by Crippen LogP contribution is -2.46. The van der Waals surface area contributed by atoms with Crippen molar-refractivity contribution in [2.45, 2.75) is 13.5 Å². The molecule has 1 aliphatic heterocycles. The summed E-state index contributed by atoms with van der Waals surface area (Å²) < 4.78 is 5.48. The van der Waals surface area contributed by atoms with Crippen LogP contribution in [0.1, 0.15) is 18.1 Å². The molecule has 0 radical (unpaired) electrons. The van der Waals surface area contributed by atoms with E-state index in [2.05, 4.69) is 25.8 Å². The van der Waals surface area contributed by atoms with Gasteiger partial charge in [-0.3, -0.25) is 9.88 Å². The molecular formula is C18H22N6O. The molecular weight excluding hydrogens is 316 g/mol. The summed E-state index contributed by atoms with van der Waals surface area (Å²) >= 11 is 0. The van der Waals surface area contributed by atoms with Crippen molar-refractivity contribution < 1.29 is 4.74 Å². The van der Waals surface area contributed by atoms with Gasteiger partial charge in [-0.25, -0.2) is 0 Å². The molecule has 0 aliphatic carbocycles. The van der Waals surface area contributed by atoms with E-state index in [4.69, 9.17) is 10.5 Å². The van der Waals surface area contributed by atoms with Crippen molar-refractivity contribution in [2.75, 3.05) is 43.4 Å². The Bertz CT molecular complexity index is 750. The second-order valence-corrected chi connectivity index (χ2v) is 5.91. The standard InChI is InChI=1S/C18H22N6O/c1-2-25-18-15(12-19)16(20)11-17(22-18)24-9-7-23(8-10-24)13-14-3-5-21-6-4-14/h3-6,11H,2,7-10,13H2,1H3,(H2,20,22). The summed E-state index contributed by atoms with van der Waals surface area (Å²) in [7, 11) is 0. The van der Waals surface area contributed by atoms with Crippen LogP contribution < -0.4 is 15.4 Å². The smallest absolute Gasteiger partial charge is 0.235 e. The van der Waals surface area contributed by atoms with Crippen molar-refractivity contribution in [1.29, 1.82) is 5.26 Å². The number of nitrogens with zero attached hydrogens (tertiary/aromatic N) is 5. The number of nitrogen functional groups attached to an aromatic ring is 1. The molecule has 7 nitrogen and oxygen atoms in total. The predicted octanol–water partition coefficient (Wildman–Crippen LogP) is 1.65. The van der Waals surface area contributed by atoms with Crippen LogP contribution in [-0.2, 0) is 6.54 Å². The number of hydrogen-bond acceptors (Lipinski definition) is 7. The highest BCUT2D eigenvalue weighted by Crippen LogP contribution is 2.27. The van der Waals surface area contributed by atoms with Gasteiger partial charge < -0.3 is 15.4 Å². The quantitative estimate of drug-likeness (QED) is 0.886. The maximum absolute atomic E-state index is 9.23. The third-order valence-electron chi connectivity index (χ3n) is 4.25. The number of anilines is 2. The van der Waals surface area contributed by atoms with Crippen molar-refractivity contribution >= 4 is 11.5 Å². The minimum atomic E-state index is 0.307. The first-order valence-corrected chi connectivity index (χ1v) is 8.41. The number of hydrogen-bond donors (Lipinski definition) is 1. The highest BCUT2D eigenvalue weighted by atomic mass is 16.5. The Labute approximate surface area is 147 Å². The van der Waals surface area contributed by atoms with Crippen molar-refractivity contribution in [3.05, 3.63) is 41.7 Å².